The first kappa shape index (κ1) is 20.3. The lowest BCUT2D eigenvalue weighted by Crippen LogP contribution is -2.29. The summed E-state index contributed by atoms with van der Waals surface area (Å²) in [5.74, 6) is -0.398. The van der Waals surface area contributed by atoms with Gasteiger partial charge in [0.2, 0.25) is 5.78 Å². The molecule has 4 aromatic rings. The lowest BCUT2D eigenvalue weighted by Gasteiger charge is -2.05. The van der Waals surface area contributed by atoms with Crippen molar-refractivity contribution in [3.05, 3.63) is 62.3 Å². The molecule has 0 amide bonds. The largest absolute Gasteiger partial charge is 0.416 e. The van der Waals surface area contributed by atoms with Crippen LogP contribution in [0.15, 0.2) is 33.9 Å². The zero-order valence-electron chi connectivity index (χ0n) is 16.5. The average Bonchev–Trinajstić information content (AvgIpc) is 3.21. The Bertz CT molecular complexity index is 1520. The number of aromatic nitrogens is 6. The Morgan fingerprint density at radius 2 is 1.77 bits per heavy atom. The van der Waals surface area contributed by atoms with Crippen molar-refractivity contribution in [2.75, 3.05) is 0 Å². The smallest absolute Gasteiger partial charge is 0.324 e. The minimum absolute atomic E-state index is 0.0401. The molecule has 1 aromatic carbocycles. The van der Waals surface area contributed by atoms with Crippen LogP contribution < -0.4 is 11.2 Å². The van der Waals surface area contributed by atoms with E-state index in [0.717, 1.165) is 18.2 Å². The number of rotatable bonds is 3. The molecule has 0 atom stereocenters. The third-order valence-electron chi connectivity index (χ3n) is 4.98. The number of aryl methyl sites for hydroxylation is 3. The first-order valence-electron chi connectivity index (χ1n) is 8.91. The normalized spacial score (nSPS) is 12.5. The fourth-order valence-electron chi connectivity index (χ4n) is 3.30. The van der Waals surface area contributed by atoms with Gasteiger partial charge >= 0.3 is 11.9 Å². The third kappa shape index (κ3) is 3.25. The lowest BCUT2D eigenvalue weighted by molar-refractivity contribution is -0.137. The molecule has 0 radical (unpaired) electrons. The minimum Gasteiger partial charge on any atom is -0.324 e. The van der Waals surface area contributed by atoms with Crippen molar-refractivity contribution in [3.63, 3.8) is 0 Å². The molecule has 0 fully saturated rings. The van der Waals surface area contributed by atoms with Crippen molar-refractivity contribution in [2.45, 2.75) is 6.18 Å². The van der Waals surface area contributed by atoms with E-state index in [1.807, 2.05) is 0 Å². The summed E-state index contributed by atoms with van der Waals surface area (Å²) in [7, 11) is 4.52. The summed E-state index contributed by atoms with van der Waals surface area (Å²) in [6, 6.07) is 3.06. The molecule has 4 rings (SSSR count). The van der Waals surface area contributed by atoms with Crippen LogP contribution in [0.3, 0.4) is 0 Å². The Morgan fingerprint density at radius 3 is 2.45 bits per heavy atom. The second-order valence-electron chi connectivity index (χ2n) is 6.91. The fourth-order valence-corrected chi connectivity index (χ4v) is 3.30. The van der Waals surface area contributed by atoms with Gasteiger partial charge in [0.1, 0.15) is 5.82 Å². The molecule has 0 saturated carbocycles. The number of H-pyrrole nitrogens is 1. The first-order chi connectivity index (χ1) is 14.5. The van der Waals surface area contributed by atoms with Crippen molar-refractivity contribution >= 4 is 34.1 Å². The van der Waals surface area contributed by atoms with Crippen LogP contribution in [0.25, 0.3) is 28.3 Å². The van der Waals surface area contributed by atoms with Crippen LogP contribution in [0, 0.1) is 0 Å². The van der Waals surface area contributed by atoms with Crippen molar-refractivity contribution < 1.29 is 18.0 Å². The van der Waals surface area contributed by atoms with Gasteiger partial charge in [-0.05, 0) is 30.4 Å². The molecule has 31 heavy (non-hydrogen) atoms. The van der Waals surface area contributed by atoms with Crippen molar-refractivity contribution in [3.8, 4) is 0 Å². The van der Waals surface area contributed by atoms with Gasteiger partial charge in [-0.25, -0.2) is 14.8 Å². The molecule has 1 N–H and O–H groups in total. The zero-order chi connectivity index (χ0) is 22.7. The second-order valence-corrected chi connectivity index (χ2v) is 6.91. The number of carbonyl (C=O) groups is 1. The number of hydrogen-bond donors (Lipinski definition) is 1. The molecular formula is C19H15F3N6O3. The van der Waals surface area contributed by atoms with Crippen molar-refractivity contribution in [1.82, 2.24) is 28.7 Å². The maximum atomic E-state index is 12.9. The van der Waals surface area contributed by atoms with E-state index in [-0.39, 0.29) is 28.3 Å². The van der Waals surface area contributed by atoms with Crippen LogP contribution in [0.1, 0.15) is 22.0 Å². The number of carbonyl (C=O) groups excluding carboxylic acids is 1. The number of allylic oxidation sites excluding steroid dienone is 1. The monoisotopic (exact) mass is 432 g/mol. The number of alkyl halides is 3. The molecular weight excluding hydrogens is 417 g/mol. The number of nitrogens with zero attached hydrogens (tertiary/aromatic N) is 5. The van der Waals surface area contributed by atoms with E-state index in [1.165, 1.54) is 39.9 Å². The van der Waals surface area contributed by atoms with Gasteiger partial charge in [0.25, 0.3) is 5.56 Å². The summed E-state index contributed by atoms with van der Waals surface area (Å²) < 4.78 is 42.8. The van der Waals surface area contributed by atoms with E-state index >= 15 is 0 Å². The predicted octanol–water partition coefficient (Wildman–Crippen LogP) is 1.76. The molecule has 3 aromatic heterocycles. The maximum Gasteiger partial charge on any atom is 0.416 e. The Kier molecular flexibility index (Phi) is 4.45. The fraction of sp³-hybridized carbons (Fsp3) is 0.211. The van der Waals surface area contributed by atoms with E-state index in [1.54, 1.807) is 7.05 Å². The Hall–Kier alpha value is -3.96. The molecule has 9 nitrogen and oxygen atoms in total. The number of nitrogens with one attached hydrogen (secondary N) is 1. The van der Waals surface area contributed by atoms with Gasteiger partial charge in [-0.15, -0.1) is 0 Å². The standard InChI is InChI=1S/C19H15F3N6O3/c1-26-11-5-4-9(19(20,21)22)8-10(11)23-15(26)12(29)6-7-13-24-16-14(27(13)2)17(30)25-18(31)28(16)3/h4-8H,1-3H3,(H,25,30,31)/b7-6+. The molecule has 0 aliphatic rings. The van der Waals surface area contributed by atoms with Crippen LogP contribution in [-0.4, -0.2) is 34.4 Å². The minimum atomic E-state index is -4.52. The molecule has 0 spiro atoms. The highest BCUT2D eigenvalue weighted by Crippen LogP contribution is 2.31. The van der Waals surface area contributed by atoms with Crippen molar-refractivity contribution in [2.24, 2.45) is 21.1 Å². The molecule has 160 valence electrons. The molecule has 12 heteroatoms. The molecule has 3 heterocycles. The molecule has 0 bridgehead atoms. The molecule has 0 saturated heterocycles. The maximum absolute atomic E-state index is 12.9. The summed E-state index contributed by atoms with van der Waals surface area (Å²) >= 11 is 0. The Morgan fingerprint density at radius 1 is 1.06 bits per heavy atom. The van der Waals surface area contributed by atoms with Gasteiger partial charge in [-0.3, -0.25) is 19.1 Å². The second kappa shape index (κ2) is 6.79. The first-order valence-corrected chi connectivity index (χ1v) is 8.91. The predicted molar refractivity (Wildman–Crippen MR) is 106 cm³/mol. The average molecular weight is 432 g/mol. The molecule has 0 aliphatic heterocycles. The number of ketones is 1. The summed E-state index contributed by atoms with van der Waals surface area (Å²) in [5.41, 5.74) is -1.40. The quantitative estimate of drug-likeness (QED) is 0.392. The van der Waals surface area contributed by atoms with Crippen LogP contribution >= 0.6 is 0 Å². The number of hydrogen-bond acceptors (Lipinski definition) is 5. The summed E-state index contributed by atoms with van der Waals surface area (Å²) in [6.07, 6.45) is -2.03. The summed E-state index contributed by atoms with van der Waals surface area (Å²) in [6.45, 7) is 0. The van der Waals surface area contributed by atoms with Crippen LogP contribution in [0.2, 0.25) is 0 Å². The van der Waals surface area contributed by atoms with Crippen LogP contribution in [-0.2, 0) is 27.3 Å². The van der Waals surface area contributed by atoms with Gasteiger partial charge in [0.05, 0.1) is 16.6 Å². The van der Waals surface area contributed by atoms with Crippen molar-refractivity contribution in [1.29, 1.82) is 0 Å². The number of aromatic amines is 1. The number of imidazole rings is 2. The molecule has 0 unspecified atom stereocenters. The van der Waals surface area contributed by atoms with Crippen LogP contribution in [0.5, 0.6) is 0 Å². The number of halogens is 3. The SMILES string of the molecule is Cn1c(C(=O)/C=C/c2nc3c(c(=O)[nH]c(=O)n3C)n2C)nc2cc(C(F)(F)F)ccc21. The van der Waals surface area contributed by atoms with Gasteiger partial charge < -0.3 is 9.13 Å². The van der Waals surface area contributed by atoms with E-state index in [4.69, 9.17) is 0 Å². The van der Waals surface area contributed by atoms with Gasteiger partial charge in [0.15, 0.2) is 17.0 Å². The highest BCUT2D eigenvalue weighted by molar-refractivity contribution is 6.06. The lowest BCUT2D eigenvalue weighted by atomic mass is 10.2. The third-order valence-corrected chi connectivity index (χ3v) is 4.98. The van der Waals surface area contributed by atoms with Gasteiger partial charge in [-0.1, -0.05) is 0 Å². The van der Waals surface area contributed by atoms with Crippen LogP contribution in [0.4, 0.5) is 13.2 Å². The highest BCUT2D eigenvalue weighted by Gasteiger charge is 2.31. The summed E-state index contributed by atoms with van der Waals surface area (Å²) in [4.78, 5) is 46.9. The number of fused-ring (bicyclic) bond motifs is 2. The van der Waals surface area contributed by atoms with Gasteiger partial charge in [0, 0.05) is 21.1 Å². The van der Waals surface area contributed by atoms with E-state index < -0.39 is 28.8 Å². The van der Waals surface area contributed by atoms with Gasteiger partial charge in [-0.2, -0.15) is 13.2 Å². The zero-order valence-corrected chi connectivity index (χ0v) is 16.5. The van der Waals surface area contributed by atoms with E-state index in [0.29, 0.717) is 5.52 Å². The van der Waals surface area contributed by atoms with E-state index in [2.05, 4.69) is 15.0 Å². The Labute approximate surface area is 171 Å². The van der Waals surface area contributed by atoms with E-state index in [9.17, 15) is 27.6 Å². The molecule has 0 aliphatic carbocycles. The highest BCUT2D eigenvalue weighted by atomic mass is 19.4. The summed E-state index contributed by atoms with van der Waals surface area (Å²) in [5, 5.41) is 0. The number of benzene rings is 1. The topological polar surface area (TPSA) is 108 Å². The Balaban J connectivity index is 1.74.